The van der Waals surface area contributed by atoms with Crippen LogP contribution < -0.4 is 10.1 Å². The average Bonchev–Trinajstić information content (AvgIpc) is 3.06. The molecular formula is C21H24N2O2. The van der Waals surface area contributed by atoms with Gasteiger partial charge in [-0.1, -0.05) is 24.3 Å². The van der Waals surface area contributed by atoms with E-state index in [0.717, 1.165) is 28.8 Å². The molecule has 0 saturated carbocycles. The fraction of sp³-hybridized carbons (Fsp3) is 0.286. The number of hydrogen-bond acceptors (Lipinski definition) is 2. The lowest BCUT2D eigenvalue weighted by Gasteiger charge is -2.14. The minimum atomic E-state index is -0.0961. The number of hydrogen-bond donors (Lipinski definition) is 2. The Morgan fingerprint density at radius 2 is 1.88 bits per heavy atom. The third-order valence-corrected chi connectivity index (χ3v) is 4.58. The van der Waals surface area contributed by atoms with Gasteiger partial charge in [0.2, 0.25) is 0 Å². The zero-order chi connectivity index (χ0) is 17.8. The molecular weight excluding hydrogens is 312 g/mol. The van der Waals surface area contributed by atoms with Gasteiger partial charge >= 0.3 is 0 Å². The molecule has 0 fully saturated rings. The Morgan fingerprint density at radius 1 is 1.08 bits per heavy atom. The van der Waals surface area contributed by atoms with Crippen LogP contribution in [0.1, 0.15) is 22.3 Å². The van der Waals surface area contributed by atoms with Crippen molar-refractivity contribution in [3.8, 4) is 5.75 Å². The van der Waals surface area contributed by atoms with Crippen molar-refractivity contribution in [1.82, 2.24) is 10.3 Å². The van der Waals surface area contributed by atoms with Crippen LogP contribution in [-0.4, -0.2) is 24.0 Å². The molecule has 0 atom stereocenters. The van der Waals surface area contributed by atoms with Gasteiger partial charge < -0.3 is 15.0 Å². The van der Waals surface area contributed by atoms with Crippen LogP contribution >= 0.6 is 0 Å². The van der Waals surface area contributed by atoms with Gasteiger partial charge in [0, 0.05) is 18.3 Å². The number of fused-ring (bicyclic) bond motifs is 1. The van der Waals surface area contributed by atoms with Crippen molar-refractivity contribution in [3.63, 3.8) is 0 Å². The van der Waals surface area contributed by atoms with Gasteiger partial charge in [0.05, 0.1) is 0 Å². The van der Waals surface area contributed by atoms with Gasteiger partial charge in [0.15, 0.2) is 6.61 Å². The maximum absolute atomic E-state index is 12.0. The molecule has 25 heavy (non-hydrogen) atoms. The van der Waals surface area contributed by atoms with Crippen LogP contribution in [0.25, 0.3) is 10.9 Å². The number of amides is 1. The van der Waals surface area contributed by atoms with E-state index in [4.69, 9.17) is 4.74 Å². The number of H-pyrrole nitrogens is 1. The molecule has 130 valence electrons. The summed E-state index contributed by atoms with van der Waals surface area (Å²) >= 11 is 0. The number of rotatable bonds is 6. The first kappa shape index (κ1) is 17.1. The summed E-state index contributed by atoms with van der Waals surface area (Å²) in [6.07, 6.45) is 2.73. The minimum absolute atomic E-state index is 0.0425. The topological polar surface area (TPSA) is 54.1 Å². The maximum atomic E-state index is 12.0. The highest BCUT2D eigenvalue weighted by atomic mass is 16.5. The lowest BCUT2D eigenvalue weighted by Crippen LogP contribution is -2.30. The van der Waals surface area contributed by atoms with Crippen LogP contribution in [0.2, 0.25) is 0 Å². The van der Waals surface area contributed by atoms with E-state index in [1.165, 1.54) is 16.5 Å². The van der Waals surface area contributed by atoms with Crippen molar-refractivity contribution in [1.29, 1.82) is 0 Å². The zero-order valence-electron chi connectivity index (χ0n) is 15.0. The summed E-state index contributed by atoms with van der Waals surface area (Å²) in [5, 5.41) is 4.12. The quantitative estimate of drug-likeness (QED) is 0.719. The molecule has 0 aliphatic rings. The highest BCUT2D eigenvalue weighted by Crippen LogP contribution is 2.25. The molecule has 0 radical (unpaired) electrons. The van der Waals surface area contributed by atoms with E-state index in [9.17, 15) is 4.79 Å². The number of carbonyl (C=O) groups is 1. The SMILES string of the molecule is Cc1ccc(C)c(OCC(=O)NCCc2ccc3cc[nH]c3c2)c1C. The van der Waals surface area contributed by atoms with Crippen molar-refractivity contribution >= 4 is 16.8 Å². The molecule has 0 spiro atoms. The standard InChI is InChI=1S/C21H24N2O2/c1-14-4-5-15(2)21(16(14)3)25-13-20(24)23-10-8-17-6-7-18-9-11-22-19(18)12-17/h4-7,9,11-12,22H,8,10,13H2,1-3H3,(H,23,24). The molecule has 0 aliphatic carbocycles. The number of carbonyl (C=O) groups excluding carboxylic acids is 1. The molecule has 1 heterocycles. The molecule has 1 amide bonds. The average molecular weight is 336 g/mol. The number of aromatic nitrogens is 1. The van der Waals surface area contributed by atoms with Crippen LogP contribution in [0.3, 0.4) is 0 Å². The Kier molecular flexibility index (Phi) is 5.08. The lowest BCUT2D eigenvalue weighted by molar-refractivity contribution is -0.123. The largest absolute Gasteiger partial charge is 0.483 e. The van der Waals surface area contributed by atoms with E-state index in [2.05, 4.69) is 34.6 Å². The second-order valence-electron chi connectivity index (χ2n) is 6.44. The van der Waals surface area contributed by atoms with Crippen LogP contribution in [0.4, 0.5) is 0 Å². The number of aryl methyl sites for hydroxylation is 2. The third-order valence-electron chi connectivity index (χ3n) is 4.58. The highest BCUT2D eigenvalue weighted by molar-refractivity contribution is 5.80. The predicted molar refractivity (Wildman–Crippen MR) is 101 cm³/mol. The molecule has 2 N–H and O–H groups in total. The van der Waals surface area contributed by atoms with Crippen LogP contribution in [0.5, 0.6) is 5.75 Å². The number of aromatic amines is 1. The van der Waals surface area contributed by atoms with E-state index >= 15 is 0 Å². The number of benzene rings is 2. The molecule has 0 aliphatic heterocycles. The third kappa shape index (κ3) is 4.02. The molecule has 3 rings (SSSR count). The van der Waals surface area contributed by atoms with Crippen molar-refractivity contribution < 1.29 is 9.53 Å². The monoisotopic (exact) mass is 336 g/mol. The van der Waals surface area contributed by atoms with E-state index < -0.39 is 0 Å². The van der Waals surface area contributed by atoms with Crippen LogP contribution in [-0.2, 0) is 11.2 Å². The van der Waals surface area contributed by atoms with Gasteiger partial charge in [-0.05, 0) is 67.0 Å². The van der Waals surface area contributed by atoms with Gasteiger partial charge in [-0.15, -0.1) is 0 Å². The summed E-state index contributed by atoms with van der Waals surface area (Å²) < 4.78 is 5.74. The fourth-order valence-corrected chi connectivity index (χ4v) is 2.93. The number of ether oxygens (including phenoxy) is 1. The van der Waals surface area contributed by atoms with Crippen molar-refractivity contribution in [3.05, 3.63) is 64.8 Å². The van der Waals surface area contributed by atoms with Gasteiger partial charge in [-0.25, -0.2) is 0 Å². The van der Waals surface area contributed by atoms with Gasteiger partial charge in [-0.3, -0.25) is 4.79 Å². The lowest BCUT2D eigenvalue weighted by atomic mass is 10.1. The summed E-state index contributed by atoms with van der Waals surface area (Å²) in [6, 6.07) is 12.4. The molecule has 2 aromatic carbocycles. The van der Waals surface area contributed by atoms with Crippen LogP contribution in [0.15, 0.2) is 42.6 Å². The summed E-state index contributed by atoms with van der Waals surface area (Å²) in [7, 11) is 0. The molecule has 0 saturated heterocycles. The normalized spacial score (nSPS) is 10.8. The fourth-order valence-electron chi connectivity index (χ4n) is 2.93. The van der Waals surface area contributed by atoms with E-state index in [0.29, 0.717) is 6.54 Å². The van der Waals surface area contributed by atoms with E-state index in [1.54, 1.807) is 0 Å². The molecule has 0 bridgehead atoms. The molecule has 4 nitrogen and oxygen atoms in total. The van der Waals surface area contributed by atoms with Crippen LogP contribution in [0, 0.1) is 20.8 Å². The summed E-state index contributed by atoms with van der Waals surface area (Å²) in [4.78, 5) is 15.2. The van der Waals surface area contributed by atoms with E-state index in [1.807, 2.05) is 39.1 Å². The van der Waals surface area contributed by atoms with Gasteiger partial charge in [-0.2, -0.15) is 0 Å². The Morgan fingerprint density at radius 3 is 2.72 bits per heavy atom. The summed E-state index contributed by atoms with van der Waals surface area (Å²) in [5.74, 6) is 0.716. The molecule has 4 heteroatoms. The van der Waals surface area contributed by atoms with Gasteiger partial charge in [0.25, 0.3) is 5.91 Å². The Labute approximate surface area is 148 Å². The van der Waals surface area contributed by atoms with Crippen molar-refractivity contribution in [2.75, 3.05) is 13.2 Å². The Balaban J connectivity index is 1.49. The second kappa shape index (κ2) is 7.43. The van der Waals surface area contributed by atoms with Gasteiger partial charge in [0.1, 0.15) is 5.75 Å². The maximum Gasteiger partial charge on any atom is 0.257 e. The zero-order valence-corrected chi connectivity index (χ0v) is 15.0. The number of nitrogens with one attached hydrogen (secondary N) is 2. The first-order valence-corrected chi connectivity index (χ1v) is 8.57. The molecule has 1 aromatic heterocycles. The Hall–Kier alpha value is -2.75. The predicted octanol–water partition coefficient (Wildman–Crippen LogP) is 3.83. The van der Waals surface area contributed by atoms with Crippen molar-refractivity contribution in [2.24, 2.45) is 0 Å². The highest BCUT2D eigenvalue weighted by Gasteiger charge is 2.09. The summed E-state index contributed by atoms with van der Waals surface area (Å²) in [5.41, 5.74) is 5.63. The first-order valence-electron chi connectivity index (χ1n) is 8.57. The summed E-state index contributed by atoms with van der Waals surface area (Å²) in [6.45, 7) is 6.70. The Bertz CT molecular complexity index is 896. The second-order valence-corrected chi connectivity index (χ2v) is 6.44. The smallest absolute Gasteiger partial charge is 0.257 e. The molecule has 3 aromatic rings. The minimum Gasteiger partial charge on any atom is -0.483 e. The van der Waals surface area contributed by atoms with Crippen molar-refractivity contribution in [2.45, 2.75) is 27.2 Å². The van der Waals surface area contributed by atoms with E-state index in [-0.39, 0.29) is 12.5 Å². The molecule has 0 unspecified atom stereocenters. The first-order chi connectivity index (χ1) is 12.0.